The van der Waals surface area contributed by atoms with Crippen LogP contribution in [0.4, 0.5) is 5.00 Å². The molecule has 0 atom stereocenters. The van der Waals surface area contributed by atoms with Crippen LogP contribution in [-0.4, -0.2) is 24.1 Å². The number of aryl methyl sites for hydroxylation is 1. The predicted octanol–water partition coefficient (Wildman–Crippen LogP) is 5.47. The molecule has 3 heterocycles. The van der Waals surface area contributed by atoms with Gasteiger partial charge in [-0.25, -0.2) is 4.98 Å². The maximum Gasteiger partial charge on any atom is 0.257 e. The van der Waals surface area contributed by atoms with Gasteiger partial charge in [-0.15, -0.1) is 22.7 Å². The molecular weight excluding hydrogens is 352 g/mol. The van der Waals surface area contributed by atoms with Gasteiger partial charge in [-0.3, -0.25) is 4.79 Å². The highest BCUT2D eigenvalue weighted by atomic mass is 32.1. The Labute approximate surface area is 157 Å². The smallest absolute Gasteiger partial charge is 0.257 e. The number of rotatable bonds is 4. The van der Waals surface area contributed by atoms with Gasteiger partial charge in [0, 0.05) is 23.5 Å². The number of anilines is 1. The Bertz CT molecular complexity index is 685. The van der Waals surface area contributed by atoms with Crippen LogP contribution in [-0.2, 0) is 4.74 Å². The summed E-state index contributed by atoms with van der Waals surface area (Å²) < 4.78 is 5.20. The van der Waals surface area contributed by atoms with Gasteiger partial charge in [0.25, 0.3) is 5.91 Å². The SMILES string of the molecule is CCC1CCOCC1.Cc1ncc(NC(=O)c2csc(C3CC3)c2)s1. The van der Waals surface area contributed by atoms with Crippen molar-refractivity contribution in [1.29, 1.82) is 0 Å². The second kappa shape index (κ2) is 8.92. The predicted molar refractivity (Wildman–Crippen MR) is 105 cm³/mol. The highest BCUT2D eigenvalue weighted by Crippen LogP contribution is 2.43. The Morgan fingerprint density at radius 3 is 2.64 bits per heavy atom. The summed E-state index contributed by atoms with van der Waals surface area (Å²) >= 11 is 3.19. The van der Waals surface area contributed by atoms with Gasteiger partial charge in [0.2, 0.25) is 0 Å². The number of hydrogen-bond donors (Lipinski definition) is 1. The summed E-state index contributed by atoms with van der Waals surface area (Å²) in [6, 6.07) is 2.02. The normalized spacial score (nSPS) is 17.7. The fraction of sp³-hybridized carbons (Fsp3) is 0.579. The summed E-state index contributed by atoms with van der Waals surface area (Å²) in [7, 11) is 0. The maximum atomic E-state index is 12.0. The molecule has 2 aromatic heterocycles. The molecule has 1 amide bonds. The van der Waals surface area contributed by atoms with Gasteiger partial charge in [0.05, 0.1) is 16.8 Å². The van der Waals surface area contributed by atoms with Gasteiger partial charge in [0.15, 0.2) is 0 Å². The lowest BCUT2D eigenvalue weighted by molar-refractivity contribution is 0.0654. The zero-order valence-corrected chi connectivity index (χ0v) is 16.5. The van der Waals surface area contributed by atoms with E-state index in [4.69, 9.17) is 4.74 Å². The molecule has 0 bridgehead atoms. The number of hydrogen-bond acceptors (Lipinski definition) is 5. The largest absolute Gasteiger partial charge is 0.381 e. The zero-order valence-electron chi connectivity index (χ0n) is 14.9. The van der Waals surface area contributed by atoms with Crippen molar-refractivity contribution < 1.29 is 9.53 Å². The van der Waals surface area contributed by atoms with Gasteiger partial charge >= 0.3 is 0 Å². The zero-order chi connectivity index (χ0) is 17.6. The summed E-state index contributed by atoms with van der Waals surface area (Å²) in [6.07, 6.45) is 8.16. The van der Waals surface area contributed by atoms with Crippen LogP contribution in [0, 0.1) is 12.8 Å². The van der Waals surface area contributed by atoms with Gasteiger partial charge < -0.3 is 10.1 Å². The van der Waals surface area contributed by atoms with Crippen LogP contribution in [0.25, 0.3) is 0 Å². The number of thiophene rings is 1. The van der Waals surface area contributed by atoms with Crippen molar-refractivity contribution in [3.05, 3.63) is 33.1 Å². The monoisotopic (exact) mass is 378 g/mol. The first-order valence-corrected chi connectivity index (χ1v) is 10.7. The third kappa shape index (κ3) is 5.62. The van der Waals surface area contributed by atoms with Crippen molar-refractivity contribution in [3.8, 4) is 0 Å². The van der Waals surface area contributed by atoms with Crippen molar-refractivity contribution in [3.63, 3.8) is 0 Å². The molecule has 1 saturated carbocycles. The minimum absolute atomic E-state index is 0.0307. The Morgan fingerprint density at radius 1 is 1.32 bits per heavy atom. The summed E-state index contributed by atoms with van der Waals surface area (Å²) in [6.45, 7) is 6.18. The average molecular weight is 379 g/mol. The lowest BCUT2D eigenvalue weighted by Gasteiger charge is -2.19. The maximum absolute atomic E-state index is 12.0. The molecule has 1 aliphatic heterocycles. The average Bonchev–Trinajstić information content (AvgIpc) is 3.22. The van der Waals surface area contributed by atoms with Crippen LogP contribution < -0.4 is 5.32 Å². The number of ether oxygens (including phenoxy) is 1. The highest BCUT2D eigenvalue weighted by Gasteiger charge is 2.25. The topological polar surface area (TPSA) is 51.2 Å². The number of nitrogens with zero attached hydrogens (tertiary/aromatic N) is 1. The van der Waals surface area contributed by atoms with E-state index in [0.717, 1.165) is 34.7 Å². The van der Waals surface area contributed by atoms with Crippen molar-refractivity contribution in [2.24, 2.45) is 5.92 Å². The van der Waals surface area contributed by atoms with Crippen LogP contribution in [0.15, 0.2) is 17.6 Å². The Morgan fingerprint density at radius 2 is 2.08 bits per heavy atom. The number of thiazole rings is 1. The molecule has 4 nitrogen and oxygen atoms in total. The van der Waals surface area contributed by atoms with E-state index in [1.54, 1.807) is 17.5 Å². The van der Waals surface area contributed by atoms with Gasteiger partial charge in [0.1, 0.15) is 5.00 Å². The molecule has 0 unspecified atom stereocenters. The van der Waals surface area contributed by atoms with Gasteiger partial charge in [-0.1, -0.05) is 13.3 Å². The fourth-order valence-corrected chi connectivity index (χ4v) is 4.55. The molecule has 0 aromatic carbocycles. The molecule has 1 saturated heterocycles. The Hall–Kier alpha value is -1.24. The lowest BCUT2D eigenvalue weighted by Crippen LogP contribution is -2.14. The minimum atomic E-state index is -0.0307. The second-order valence-electron chi connectivity index (χ2n) is 6.67. The van der Waals surface area contributed by atoms with Crippen LogP contribution in [0.2, 0.25) is 0 Å². The summed E-state index contributed by atoms with van der Waals surface area (Å²) in [5, 5.41) is 6.59. The van der Waals surface area contributed by atoms with Crippen molar-refractivity contribution in [1.82, 2.24) is 4.98 Å². The van der Waals surface area contributed by atoms with E-state index in [9.17, 15) is 4.79 Å². The third-order valence-corrected chi connectivity index (χ3v) is 6.56. The molecular formula is C19H26N2O2S2. The standard InChI is InChI=1S/C12H12N2OS2.C7H14O/c1-7-13-5-11(17-7)14-12(15)9-4-10(16-6-9)8-2-3-8;1-2-7-3-5-8-6-4-7/h4-6,8H,2-3H2,1H3,(H,14,15);7H,2-6H2,1H3. The van der Waals surface area contributed by atoms with E-state index in [1.807, 2.05) is 18.4 Å². The van der Waals surface area contributed by atoms with Crippen molar-refractivity contribution in [2.75, 3.05) is 18.5 Å². The summed E-state index contributed by atoms with van der Waals surface area (Å²) in [4.78, 5) is 17.4. The number of aromatic nitrogens is 1. The summed E-state index contributed by atoms with van der Waals surface area (Å²) in [5.41, 5.74) is 0.767. The van der Waals surface area contributed by atoms with Crippen LogP contribution in [0.1, 0.15) is 65.2 Å². The molecule has 0 radical (unpaired) electrons. The lowest BCUT2D eigenvalue weighted by atomic mass is 9.98. The number of carbonyl (C=O) groups excluding carboxylic acids is 1. The highest BCUT2D eigenvalue weighted by molar-refractivity contribution is 7.15. The van der Waals surface area contributed by atoms with Crippen molar-refractivity contribution in [2.45, 2.75) is 51.9 Å². The van der Waals surface area contributed by atoms with Crippen molar-refractivity contribution >= 4 is 33.6 Å². The van der Waals surface area contributed by atoms with E-state index in [0.29, 0.717) is 5.92 Å². The molecule has 2 aliphatic rings. The van der Waals surface area contributed by atoms with Crippen LogP contribution >= 0.6 is 22.7 Å². The molecule has 6 heteroatoms. The molecule has 1 N–H and O–H groups in total. The molecule has 0 spiro atoms. The van der Waals surface area contributed by atoms with E-state index >= 15 is 0 Å². The number of amides is 1. The second-order valence-corrected chi connectivity index (χ2v) is 8.85. The fourth-order valence-electron chi connectivity index (χ4n) is 2.81. The Kier molecular flexibility index (Phi) is 6.62. The molecule has 136 valence electrons. The van der Waals surface area contributed by atoms with Crippen LogP contribution in [0.5, 0.6) is 0 Å². The summed E-state index contributed by atoms with van der Waals surface area (Å²) in [5.74, 6) is 1.65. The number of carbonyl (C=O) groups is 1. The Balaban J connectivity index is 0.000000192. The van der Waals surface area contributed by atoms with E-state index < -0.39 is 0 Å². The molecule has 2 fully saturated rings. The van der Waals surface area contributed by atoms with Gasteiger partial charge in [-0.2, -0.15) is 0 Å². The third-order valence-electron chi connectivity index (χ3n) is 4.64. The first kappa shape index (κ1) is 18.5. The first-order valence-electron chi connectivity index (χ1n) is 9.05. The number of nitrogens with one attached hydrogen (secondary N) is 1. The first-order chi connectivity index (χ1) is 12.2. The van der Waals surface area contributed by atoms with E-state index in [1.165, 1.54) is 48.3 Å². The molecule has 1 aliphatic carbocycles. The van der Waals surface area contributed by atoms with Crippen LogP contribution in [0.3, 0.4) is 0 Å². The molecule has 25 heavy (non-hydrogen) atoms. The van der Waals surface area contributed by atoms with Gasteiger partial charge in [-0.05, 0) is 50.5 Å². The quantitative estimate of drug-likeness (QED) is 0.768. The minimum Gasteiger partial charge on any atom is -0.381 e. The molecule has 2 aromatic rings. The van der Waals surface area contributed by atoms with E-state index in [-0.39, 0.29) is 5.91 Å². The van der Waals surface area contributed by atoms with E-state index in [2.05, 4.69) is 17.2 Å². The molecule has 4 rings (SSSR count).